The molecule has 7 heteroatoms. The van der Waals surface area contributed by atoms with Crippen LogP contribution in [-0.4, -0.2) is 66.4 Å². The number of nitrogens with zero attached hydrogens (tertiary/aromatic N) is 2. The number of hydrogen-bond donors (Lipinski definition) is 1. The van der Waals surface area contributed by atoms with Crippen LogP contribution in [0.1, 0.15) is 72.9 Å². The number of benzene rings is 1. The average Bonchev–Trinajstić information content (AvgIpc) is 3.49. The van der Waals surface area contributed by atoms with Crippen molar-refractivity contribution in [3.63, 3.8) is 0 Å². The van der Waals surface area contributed by atoms with Crippen LogP contribution in [0.5, 0.6) is 0 Å². The number of carbonyl (C=O) groups excluding carboxylic acids is 3. The van der Waals surface area contributed by atoms with E-state index in [1.807, 2.05) is 13.2 Å². The van der Waals surface area contributed by atoms with Crippen molar-refractivity contribution >= 4 is 17.7 Å². The van der Waals surface area contributed by atoms with Gasteiger partial charge in [0.2, 0.25) is 11.8 Å². The van der Waals surface area contributed by atoms with E-state index in [9.17, 15) is 14.4 Å². The molecule has 0 radical (unpaired) electrons. The van der Waals surface area contributed by atoms with Crippen molar-refractivity contribution in [3.8, 4) is 0 Å². The predicted octanol–water partition coefficient (Wildman–Crippen LogP) is 2.62. The van der Waals surface area contributed by atoms with E-state index in [2.05, 4.69) is 22.3 Å². The van der Waals surface area contributed by atoms with E-state index in [4.69, 9.17) is 4.74 Å². The van der Waals surface area contributed by atoms with Crippen LogP contribution in [-0.2, 0) is 26.3 Å². The molecule has 34 heavy (non-hydrogen) atoms. The van der Waals surface area contributed by atoms with Crippen molar-refractivity contribution in [2.24, 2.45) is 11.8 Å². The summed E-state index contributed by atoms with van der Waals surface area (Å²) in [5.41, 5.74) is 3.38. The van der Waals surface area contributed by atoms with Crippen molar-refractivity contribution in [1.29, 1.82) is 0 Å². The Morgan fingerprint density at radius 2 is 1.94 bits per heavy atom. The lowest BCUT2D eigenvalue weighted by Crippen LogP contribution is -2.52. The maximum Gasteiger partial charge on any atom is 0.255 e. The van der Waals surface area contributed by atoms with Gasteiger partial charge in [-0.1, -0.05) is 12.1 Å². The van der Waals surface area contributed by atoms with Gasteiger partial charge < -0.3 is 14.5 Å². The Morgan fingerprint density at radius 1 is 1.12 bits per heavy atom. The second kappa shape index (κ2) is 8.45. The fourth-order valence-electron chi connectivity index (χ4n) is 7.15. The molecule has 0 aromatic heterocycles. The van der Waals surface area contributed by atoms with Crippen LogP contribution in [0.3, 0.4) is 0 Å². The smallest absolute Gasteiger partial charge is 0.255 e. The van der Waals surface area contributed by atoms with Crippen LogP contribution in [0.2, 0.25) is 0 Å². The highest BCUT2D eigenvalue weighted by Crippen LogP contribution is 2.59. The molecule has 3 atom stereocenters. The summed E-state index contributed by atoms with van der Waals surface area (Å²) in [6, 6.07) is 5.83. The van der Waals surface area contributed by atoms with E-state index in [-0.39, 0.29) is 29.6 Å². The lowest BCUT2D eigenvalue weighted by Gasteiger charge is -2.36. The maximum atomic E-state index is 13.0. The molecule has 0 spiro atoms. The van der Waals surface area contributed by atoms with Crippen molar-refractivity contribution in [3.05, 3.63) is 34.9 Å². The number of amides is 3. The van der Waals surface area contributed by atoms with Crippen LogP contribution in [0.25, 0.3) is 0 Å². The molecule has 2 saturated heterocycles. The molecule has 3 heterocycles. The standard InChI is InChI=1S/C27H35N3O4/c1-34-21-5-2-17(3-6-21)14-29-11-10-27(13-20(27)16-29)19-4-7-22-18(12-19)15-30(26(22)33)23-8-9-24(31)28-25(23)32/h4,7,12,17,20-21,23H,2-3,5-6,8-11,13-16H2,1H3,(H,28,31,32)/t17-,20?,21-,23?,27?. The first-order valence-electron chi connectivity index (χ1n) is 13.0. The highest BCUT2D eigenvalue weighted by molar-refractivity contribution is 6.05. The highest BCUT2D eigenvalue weighted by atomic mass is 16.5. The van der Waals surface area contributed by atoms with Crippen molar-refractivity contribution in [2.75, 3.05) is 26.7 Å². The topological polar surface area (TPSA) is 79.0 Å². The normalized spacial score (nSPS) is 35.7. The second-order valence-electron chi connectivity index (χ2n) is 11.2. The lowest BCUT2D eigenvalue weighted by atomic mass is 9.84. The van der Waals surface area contributed by atoms with Gasteiger partial charge in [-0.2, -0.15) is 0 Å². The van der Waals surface area contributed by atoms with Gasteiger partial charge in [0.05, 0.1) is 6.10 Å². The largest absolute Gasteiger partial charge is 0.381 e. The number of piperidine rings is 2. The van der Waals surface area contributed by atoms with Crippen LogP contribution in [0.15, 0.2) is 18.2 Å². The third kappa shape index (κ3) is 3.77. The van der Waals surface area contributed by atoms with Gasteiger partial charge in [-0.25, -0.2) is 0 Å². The Balaban J connectivity index is 1.10. The van der Waals surface area contributed by atoms with Crippen molar-refractivity contribution in [2.45, 2.75) is 75.5 Å². The summed E-state index contributed by atoms with van der Waals surface area (Å²) < 4.78 is 5.53. The predicted molar refractivity (Wildman–Crippen MR) is 126 cm³/mol. The number of carbonyl (C=O) groups is 3. The Kier molecular flexibility index (Phi) is 5.52. The molecule has 6 rings (SSSR count). The van der Waals surface area contributed by atoms with Gasteiger partial charge in [0, 0.05) is 44.1 Å². The number of fused-ring (bicyclic) bond motifs is 2. The number of methoxy groups -OCH3 is 1. The molecule has 182 valence electrons. The van der Waals surface area contributed by atoms with Crippen LogP contribution in [0.4, 0.5) is 0 Å². The van der Waals surface area contributed by atoms with E-state index in [0.29, 0.717) is 30.6 Å². The Bertz CT molecular complexity index is 1020. The first-order chi connectivity index (χ1) is 16.5. The average molecular weight is 466 g/mol. The Hall–Kier alpha value is -2.25. The third-order valence-corrected chi connectivity index (χ3v) is 9.33. The van der Waals surface area contributed by atoms with Crippen molar-refractivity contribution in [1.82, 2.24) is 15.1 Å². The number of likely N-dealkylation sites (tertiary alicyclic amines) is 1. The summed E-state index contributed by atoms with van der Waals surface area (Å²) in [4.78, 5) is 41.2. The summed E-state index contributed by atoms with van der Waals surface area (Å²) in [5.74, 6) is 0.834. The molecule has 1 N–H and O–H groups in total. The summed E-state index contributed by atoms with van der Waals surface area (Å²) in [7, 11) is 1.84. The zero-order valence-corrected chi connectivity index (χ0v) is 20.1. The van der Waals surface area contributed by atoms with Gasteiger partial charge in [0.25, 0.3) is 5.91 Å². The number of nitrogens with one attached hydrogen (secondary N) is 1. The van der Waals surface area contributed by atoms with E-state index in [1.165, 1.54) is 57.2 Å². The molecule has 4 fully saturated rings. The molecule has 0 bridgehead atoms. The van der Waals surface area contributed by atoms with Crippen LogP contribution in [0, 0.1) is 11.8 Å². The molecule has 2 saturated carbocycles. The number of ether oxygens (including phenoxy) is 1. The Labute approximate surface area is 201 Å². The summed E-state index contributed by atoms with van der Waals surface area (Å²) in [6.45, 7) is 4.02. The third-order valence-electron chi connectivity index (χ3n) is 9.33. The van der Waals surface area contributed by atoms with Crippen LogP contribution >= 0.6 is 0 Å². The first kappa shape index (κ1) is 22.2. The molecule has 3 unspecified atom stereocenters. The fraction of sp³-hybridized carbons (Fsp3) is 0.667. The van der Waals surface area contributed by atoms with Crippen molar-refractivity contribution < 1.29 is 19.1 Å². The lowest BCUT2D eigenvalue weighted by molar-refractivity contribution is -0.136. The molecular weight excluding hydrogens is 430 g/mol. The highest BCUT2D eigenvalue weighted by Gasteiger charge is 2.57. The van der Waals surface area contributed by atoms with E-state index in [1.54, 1.807) is 4.90 Å². The molecule has 1 aromatic carbocycles. The molecule has 3 aliphatic heterocycles. The SMILES string of the molecule is CO[C@H]1CC[C@H](CN2CCC3(c4ccc5c(c4)CN(C4CCC(=O)NC4=O)C5=O)CC3C2)CC1. The molecule has 7 nitrogen and oxygen atoms in total. The quantitative estimate of drug-likeness (QED) is 0.677. The molecule has 3 amide bonds. The molecule has 2 aliphatic carbocycles. The van der Waals surface area contributed by atoms with E-state index in [0.717, 1.165) is 18.0 Å². The van der Waals surface area contributed by atoms with Gasteiger partial charge in [-0.05, 0) is 80.5 Å². The number of imide groups is 1. The summed E-state index contributed by atoms with van der Waals surface area (Å²) >= 11 is 0. The second-order valence-corrected chi connectivity index (χ2v) is 11.2. The minimum Gasteiger partial charge on any atom is -0.381 e. The summed E-state index contributed by atoms with van der Waals surface area (Å²) in [6.07, 6.45) is 8.56. The van der Waals surface area contributed by atoms with E-state index < -0.39 is 6.04 Å². The zero-order chi connectivity index (χ0) is 23.4. The maximum absolute atomic E-state index is 13.0. The van der Waals surface area contributed by atoms with Gasteiger partial charge in [-0.3, -0.25) is 19.7 Å². The minimum absolute atomic E-state index is 0.0843. The van der Waals surface area contributed by atoms with Gasteiger partial charge in [-0.15, -0.1) is 0 Å². The number of rotatable bonds is 5. The zero-order valence-electron chi connectivity index (χ0n) is 20.1. The van der Waals surface area contributed by atoms with Crippen LogP contribution < -0.4 is 5.32 Å². The molecule has 5 aliphatic rings. The molecular formula is C27H35N3O4. The minimum atomic E-state index is -0.546. The van der Waals surface area contributed by atoms with Gasteiger partial charge >= 0.3 is 0 Å². The number of hydrogen-bond acceptors (Lipinski definition) is 5. The first-order valence-corrected chi connectivity index (χ1v) is 13.0. The fourth-order valence-corrected chi connectivity index (χ4v) is 7.15. The Morgan fingerprint density at radius 3 is 2.68 bits per heavy atom. The van der Waals surface area contributed by atoms with Gasteiger partial charge in [0.15, 0.2) is 0 Å². The van der Waals surface area contributed by atoms with Gasteiger partial charge in [0.1, 0.15) is 6.04 Å². The van der Waals surface area contributed by atoms with E-state index >= 15 is 0 Å². The monoisotopic (exact) mass is 465 g/mol. The molecule has 1 aromatic rings. The summed E-state index contributed by atoms with van der Waals surface area (Å²) in [5, 5.41) is 2.39.